The summed E-state index contributed by atoms with van der Waals surface area (Å²) >= 11 is 0. The van der Waals surface area contributed by atoms with E-state index in [1.165, 1.54) is 6.42 Å². The maximum atomic E-state index is 11.7. The summed E-state index contributed by atoms with van der Waals surface area (Å²) in [6.07, 6.45) is 3.47. The Hall–Kier alpha value is -2.24. The topological polar surface area (TPSA) is 78.9 Å². The summed E-state index contributed by atoms with van der Waals surface area (Å²) in [7, 11) is 0. The first-order chi connectivity index (χ1) is 10.1. The summed E-state index contributed by atoms with van der Waals surface area (Å²) < 4.78 is 5.03. The lowest BCUT2D eigenvalue weighted by molar-refractivity contribution is 0.0980. The van der Waals surface area contributed by atoms with Crippen LogP contribution in [-0.2, 0) is 0 Å². The first kappa shape index (κ1) is 15.2. The molecule has 0 heterocycles. The highest BCUT2D eigenvalue weighted by Gasteiger charge is 2.22. The lowest BCUT2D eigenvalue weighted by Crippen LogP contribution is -2.49. The Morgan fingerprint density at radius 3 is 2.48 bits per heavy atom. The smallest absolute Gasteiger partial charge is 0.431 e. The minimum absolute atomic E-state index is 0.298. The summed E-state index contributed by atoms with van der Waals surface area (Å²) in [5, 5.41) is 10.1. The maximum Gasteiger partial charge on any atom is 0.431 e. The van der Waals surface area contributed by atoms with E-state index in [0.29, 0.717) is 18.2 Å². The fraction of sp³-hybridized carbons (Fsp3) is 0.467. The average molecular weight is 292 g/mol. The van der Waals surface area contributed by atoms with Crippen LogP contribution in [0.25, 0.3) is 0 Å². The Morgan fingerprint density at radius 2 is 1.86 bits per heavy atom. The molecular weight excluding hydrogens is 272 g/mol. The number of hydrazine groups is 1. The van der Waals surface area contributed by atoms with E-state index in [0.717, 1.165) is 30.7 Å². The highest BCUT2D eigenvalue weighted by atomic mass is 16.6. The molecule has 0 radical (unpaired) electrons. The molecule has 0 saturated heterocycles. The van der Waals surface area contributed by atoms with E-state index in [-0.39, 0.29) is 0 Å². The van der Waals surface area contributed by atoms with Gasteiger partial charge in [0.25, 0.3) is 0 Å². The number of carbonyl (C=O) groups is 2. The number of carbonyl (C=O) groups excluding carboxylic acids is 1. The van der Waals surface area contributed by atoms with Crippen molar-refractivity contribution in [1.29, 1.82) is 0 Å². The number of rotatable bonds is 3. The van der Waals surface area contributed by atoms with Crippen LogP contribution in [0.15, 0.2) is 30.3 Å². The molecule has 0 atom stereocenters. The SMILES string of the molecule is O=C(NN(CC1CCCCC1)C(=O)O)Oc1ccccc1. The average Bonchev–Trinajstić information content (AvgIpc) is 2.48. The highest BCUT2D eigenvalue weighted by Crippen LogP contribution is 2.24. The summed E-state index contributed by atoms with van der Waals surface area (Å²) in [5.41, 5.74) is 2.28. The Balaban J connectivity index is 1.86. The van der Waals surface area contributed by atoms with Crippen LogP contribution in [0.2, 0.25) is 0 Å². The largest absolute Gasteiger partial charge is 0.464 e. The van der Waals surface area contributed by atoms with Gasteiger partial charge in [-0.2, -0.15) is 0 Å². The van der Waals surface area contributed by atoms with Gasteiger partial charge in [-0.15, -0.1) is 0 Å². The van der Waals surface area contributed by atoms with E-state index >= 15 is 0 Å². The molecule has 21 heavy (non-hydrogen) atoms. The zero-order valence-electron chi connectivity index (χ0n) is 11.8. The zero-order valence-corrected chi connectivity index (χ0v) is 11.8. The quantitative estimate of drug-likeness (QED) is 0.838. The van der Waals surface area contributed by atoms with Gasteiger partial charge in [-0.1, -0.05) is 37.5 Å². The third-order valence-corrected chi connectivity index (χ3v) is 3.58. The second-order valence-electron chi connectivity index (χ2n) is 5.21. The number of amides is 2. The fourth-order valence-corrected chi connectivity index (χ4v) is 2.53. The number of para-hydroxylation sites is 1. The second kappa shape index (κ2) is 7.52. The van der Waals surface area contributed by atoms with E-state index in [1.54, 1.807) is 30.3 Å². The van der Waals surface area contributed by atoms with Crippen molar-refractivity contribution in [3.63, 3.8) is 0 Å². The van der Waals surface area contributed by atoms with Crippen molar-refractivity contribution in [1.82, 2.24) is 10.4 Å². The van der Waals surface area contributed by atoms with Gasteiger partial charge in [0.05, 0.1) is 0 Å². The number of carboxylic acid groups (broad SMARTS) is 1. The third kappa shape index (κ3) is 4.98. The fourth-order valence-electron chi connectivity index (χ4n) is 2.53. The van der Waals surface area contributed by atoms with Gasteiger partial charge in [0, 0.05) is 6.54 Å². The summed E-state index contributed by atoms with van der Waals surface area (Å²) in [6, 6.07) is 8.54. The molecule has 6 nitrogen and oxygen atoms in total. The normalized spacial score (nSPS) is 15.2. The molecule has 0 aliphatic heterocycles. The molecule has 1 aliphatic rings. The van der Waals surface area contributed by atoms with Gasteiger partial charge in [0.2, 0.25) is 0 Å². The minimum Gasteiger partial charge on any atom is -0.464 e. The van der Waals surface area contributed by atoms with Gasteiger partial charge in [0.15, 0.2) is 0 Å². The molecule has 114 valence electrons. The van der Waals surface area contributed by atoms with Crippen LogP contribution in [0, 0.1) is 5.92 Å². The Morgan fingerprint density at radius 1 is 1.19 bits per heavy atom. The van der Waals surface area contributed by atoms with Crippen molar-refractivity contribution in [2.75, 3.05) is 6.54 Å². The van der Waals surface area contributed by atoms with Crippen LogP contribution in [0.5, 0.6) is 5.75 Å². The molecular formula is C15H20N2O4. The first-order valence-electron chi connectivity index (χ1n) is 7.19. The highest BCUT2D eigenvalue weighted by molar-refractivity contribution is 5.74. The van der Waals surface area contributed by atoms with Gasteiger partial charge in [-0.05, 0) is 30.9 Å². The molecule has 6 heteroatoms. The molecule has 0 unspecified atom stereocenters. The number of nitrogens with one attached hydrogen (secondary N) is 1. The summed E-state index contributed by atoms with van der Waals surface area (Å²) in [5.74, 6) is 0.671. The van der Waals surface area contributed by atoms with Crippen LogP contribution < -0.4 is 10.2 Å². The number of nitrogens with zero attached hydrogens (tertiary/aromatic N) is 1. The van der Waals surface area contributed by atoms with Crippen LogP contribution >= 0.6 is 0 Å². The molecule has 2 amide bonds. The van der Waals surface area contributed by atoms with Gasteiger partial charge in [0.1, 0.15) is 5.75 Å². The zero-order chi connectivity index (χ0) is 15.1. The molecule has 1 fully saturated rings. The van der Waals surface area contributed by atoms with E-state index in [9.17, 15) is 14.7 Å². The Bertz CT molecular complexity index is 472. The monoisotopic (exact) mass is 292 g/mol. The van der Waals surface area contributed by atoms with Crippen molar-refractivity contribution in [3.05, 3.63) is 30.3 Å². The van der Waals surface area contributed by atoms with Gasteiger partial charge >= 0.3 is 12.2 Å². The predicted octanol–water partition coefficient (Wildman–Crippen LogP) is 3.25. The molecule has 0 spiro atoms. The maximum absolute atomic E-state index is 11.7. The third-order valence-electron chi connectivity index (χ3n) is 3.58. The number of hydrogen-bond acceptors (Lipinski definition) is 3. The van der Waals surface area contributed by atoms with Crippen LogP contribution in [-0.4, -0.2) is 28.8 Å². The molecule has 2 rings (SSSR count). The number of benzene rings is 1. The van der Waals surface area contributed by atoms with Crippen molar-refractivity contribution in [3.8, 4) is 5.75 Å². The van der Waals surface area contributed by atoms with Crippen LogP contribution in [0.1, 0.15) is 32.1 Å². The van der Waals surface area contributed by atoms with E-state index < -0.39 is 12.2 Å². The van der Waals surface area contributed by atoms with Gasteiger partial charge < -0.3 is 9.84 Å². The van der Waals surface area contributed by atoms with Crippen molar-refractivity contribution in [2.45, 2.75) is 32.1 Å². The van der Waals surface area contributed by atoms with Crippen LogP contribution in [0.4, 0.5) is 9.59 Å². The molecule has 0 aromatic heterocycles. The summed E-state index contributed by atoms with van der Waals surface area (Å²) in [4.78, 5) is 22.9. The molecule has 1 saturated carbocycles. The van der Waals surface area contributed by atoms with E-state index in [2.05, 4.69) is 5.43 Å². The molecule has 2 N–H and O–H groups in total. The van der Waals surface area contributed by atoms with Crippen LogP contribution in [0.3, 0.4) is 0 Å². The number of ether oxygens (including phenoxy) is 1. The predicted molar refractivity (Wildman–Crippen MR) is 76.9 cm³/mol. The van der Waals surface area contributed by atoms with Crippen molar-refractivity contribution in [2.24, 2.45) is 5.92 Å². The molecule has 1 aromatic carbocycles. The van der Waals surface area contributed by atoms with E-state index in [4.69, 9.17) is 4.74 Å². The molecule has 1 aromatic rings. The first-order valence-corrected chi connectivity index (χ1v) is 7.19. The van der Waals surface area contributed by atoms with E-state index in [1.807, 2.05) is 0 Å². The minimum atomic E-state index is -1.18. The standard InChI is InChI=1S/C15H20N2O4/c18-14(21-13-9-5-2-6-10-13)16-17(15(19)20)11-12-7-3-1-4-8-12/h2,5-6,9-10,12H,1,3-4,7-8,11H2,(H,16,18)(H,19,20). The molecule has 1 aliphatic carbocycles. The van der Waals surface area contributed by atoms with Crippen molar-refractivity contribution >= 4 is 12.2 Å². The summed E-state index contributed by atoms with van der Waals surface area (Å²) in [6.45, 7) is 0.305. The lowest BCUT2D eigenvalue weighted by atomic mass is 9.89. The van der Waals surface area contributed by atoms with Crippen molar-refractivity contribution < 1.29 is 19.4 Å². The van der Waals surface area contributed by atoms with Gasteiger partial charge in [-0.25, -0.2) is 20.0 Å². The molecule has 0 bridgehead atoms. The number of hydrogen-bond donors (Lipinski definition) is 2. The lowest BCUT2D eigenvalue weighted by Gasteiger charge is -2.27. The Labute approximate surface area is 123 Å². The second-order valence-corrected chi connectivity index (χ2v) is 5.21. The Kier molecular flexibility index (Phi) is 5.43. The van der Waals surface area contributed by atoms with Gasteiger partial charge in [-0.3, -0.25) is 0 Å².